The Bertz CT molecular complexity index is 496. The Hall–Kier alpha value is -2.12. The molecule has 2 heterocycles. The minimum atomic E-state index is -0.235. The van der Waals surface area contributed by atoms with Gasteiger partial charge in [0, 0.05) is 20.6 Å². The lowest BCUT2D eigenvalue weighted by molar-refractivity contribution is -0.121. The van der Waals surface area contributed by atoms with Crippen LogP contribution < -0.4 is 20.3 Å². The molecule has 1 aromatic rings. The largest absolute Gasteiger partial charge is 0.463 e. The van der Waals surface area contributed by atoms with E-state index in [9.17, 15) is 4.79 Å². The summed E-state index contributed by atoms with van der Waals surface area (Å²) in [5.74, 6) is 0.898. The van der Waals surface area contributed by atoms with Crippen LogP contribution >= 0.6 is 0 Å². The lowest BCUT2D eigenvalue weighted by atomic mass is 10.2. The van der Waals surface area contributed by atoms with E-state index >= 15 is 0 Å². The van der Waals surface area contributed by atoms with E-state index < -0.39 is 0 Å². The number of carbonyl (C=O) groups excluding carboxylic acids is 1. The molecule has 2 N–H and O–H groups in total. The highest BCUT2D eigenvalue weighted by Crippen LogP contribution is 2.24. The van der Waals surface area contributed by atoms with Gasteiger partial charge >= 0.3 is 6.01 Å². The van der Waals surface area contributed by atoms with Gasteiger partial charge < -0.3 is 20.3 Å². The average Bonchev–Trinajstić information content (AvgIpc) is 3.01. The summed E-state index contributed by atoms with van der Waals surface area (Å²) < 4.78 is 5.49. The van der Waals surface area contributed by atoms with Crippen LogP contribution in [0.3, 0.4) is 0 Å². The molecule has 1 fully saturated rings. The third-order valence-electron chi connectivity index (χ3n) is 3.32. The number of hydrogen-bond acceptors (Lipinski definition) is 7. The lowest BCUT2D eigenvalue weighted by Crippen LogP contribution is -2.42. The van der Waals surface area contributed by atoms with Gasteiger partial charge in [-0.1, -0.05) is 6.92 Å². The van der Waals surface area contributed by atoms with Crippen LogP contribution in [-0.2, 0) is 4.79 Å². The standard InChI is InChI=1S/C13H22N6O2/c1-4-8-21-13-17-11(15-3)16-12(18-13)19-7-5-6-9(19)10(20)14-2/h9H,4-8H2,1-3H3,(H,14,20)(H,15,16,17,18). The first-order valence-electron chi connectivity index (χ1n) is 7.24. The van der Waals surface area contributed by atoms with Gasteiger partial charge in [0.05, 0.1) is 6.61 Å². The number of hydrogen-bond donors (Lipinski definition) is 2. The molecule has 8 heteroatoms. The monoisotopic (exact) mass is 294 g/mol. The van der Waals surface area contributed by atoms with Gasteiger partial charge in [0.1, 0.15) is 6.04 Å². The minimum absolute atomic E-state index is 0.0186. The van der Waals surface area contributed by atoms with Crippen LogP contribution in [0.1, 0.15) is 26.2 Å². The zero-order chi connectivity index (χ0) is 15.2. The fourth-order valence-corrected chi connectivity index (χ4v) is 2.29. The summed E-state index contributed by atoms with van der Waals surface area (Å²) in [7, 11) is 3.38. The van der Waals surface area contributed by atoms with Crippen molar-refractivity contribution in [2.24, 2.45) is 0 Å². The Morgan fingerprint density at radius 2 is 2.19 bits per heavy atom. The van der Waals surface area contributed by atoms with Crippen molar-refractivity contribution in [2.75, 3.05) is 37.5 Å². The van der Waals surface area contributed by atoms with Gasteiger partial charge in [-0.05, 0) is 19.3 Å². The number of nitrogens with zero attached hydrogens (tertiary/aromatic N) is 4. The lowest BCUT2D eigenvalue weighted by Gasteiger charge is -2.23. The number of aromatic nitrogens is 3. The van der Waals surface area contributed by atoms with Gasteiger partial charge in [0.25, 0.3) is 0 Å². The molecule has 0 saturated carbocycles. The van der Waals surface area contributed by atoms with Crippen molar-refractivity contribution in [2.45, 2.75) is 32.2 Å². The summed E-state index contributed by atoms with van der Waals surface area (Å²) in [6.07, 6.45) is 2.61. The zero-order valence-corrected chi connectivity index (χ0v) is 12.7. The highest BCUT2D eigenvalue weighted by Gasteiger charge is 2.32. The van der Waals surface area contributed by atoms with Crippen molar-refractivity contribution in [1.29, 1.82) is 0 Å². The number of nitrogens with one attached hydrogen (secondary N) is 2. The molecule has 21 heavy (non-hydrogen) atoms. The first-order valence-corrected chi connectivity index (χ1v) is 7.24. The molecule has 0 spiro atoms. The van der Waals surface area contributed by atoms with Crippen molar-refractivity contribution < 1.29 is 9.53 Å². The molecule has 1 saturated heterocycles. The number of rotatable bonds is 6. The summed E-state index contributed by atoms with van der Waals surface area (Å²) in [6, 6.07) is 0.0508. The van der Waals surface area contributed by atoms with Crippen LogP contribution in [0.2, 0.25) is 0 Å². The van der Waals surface area contributed by atoms with Gasteiger partial charge in [-0.15, -0.1) is 0 Å². The van der Waals surface area contributed by atoms with E-state index in [0.29, 0.717) is 18.5 Å². The number of carbonyl (C=O) groups is 1. The molecule has 1 aliphatic heterocycles. The second-order valence-corrected chi connectivity index (χ2v) is 4.81. The molecule has 0 aliphatic carbocycles. The maximum Gasteiger partial charge on any atom is 0.323 e. The summed E-state index contributed by atoms with van der Waals surface area (Å²) in [5, 5.41) is 5.58. The van der Waals surface area contributed by atoms with Crippen LogP contribution in [0.15, 0.2) is 0 Å². The molecular formula is C13H22N6O2. The molecule has 1 atom stereocenters. The molecule has 1 aromatic heterocycles. The van der Waals surface area contributed by atoms with E-state index in [1.54, 1.807) is 14.1 Å². The Kier molecular flexibility index (Phi) is 5.13. The SMILES string of the molecule is CCCOc1nc(NC)nc(N2CCCC2C(=O)NC)n1. The predicted octanol–water partition coefficient (Wildman–Crippen LogP) is 0.417. The second-order valence-electron chi connectivity index (χ2n) is 4.81. The number of ether oxygens (including phenoxy) is 1. The van der Waals surface area contributed by atoms with Crippen molar-refractivity contribution in [1.82, 2.24) is 20.3 Å². The fourth-order valence-electron chi connectivity index (χ4n) is 2.29. The van der Waals surface area contributed by atoms with E-state index in [0.717, 1.165) is 25.8 Å². The molecular weight excluding hydrogens is 272 g/mol. The van der Waals surface area contributed by atoms with Crippen LogP contribution in [-0.4, -0.2) is 54.1 Å². The van der Waals surface area contributed by atoms with E-state index in [1.807, 2.05) is 11.8 Å². The highest BCUT2D eigenvalue weighted by atomic mass is 16.5. The molecule has 116 valence electrons. The maximum absolute atomic E-state index is 11.9. The van der Waals surface area contributed by atoms with Crippen LogP contribution in [0.25, 0.3) is 0 Å². The van der Waals surface area contributed by atoms with E-state index in [4.69, 9.17) is 4.74 Å². The molecule has 2 rings (SSSR count). The summed E-state index contributed by atoms with van der Waals surface area (Å²) >= 11 is 0. The van der Waals surface area contributed by atoms with E-state index in [1.165, 1.54) is 0 Å². The average molecular weight is 294 g/mol. The Morgan fingerprint density at radius 3 is 2.86 bits per heavy atom. The highest BCUT2D eigenvalue weighted by molar-refractivity contribution is 5.85. The van der Waals surface area contributed by atoms with Gasteiger partial charge in [-0.3, -0.25) is 4.79 Å². The van der Waals surface area contributed by atoms with Gasteiger partial charge in [0.15, 0.2) is 0 Å². The maximum atomic E-state index is 11.9. The van der Waals surface area contributed by atoms with E-state index in [2.05, 4.69) is 25.6 Å². The Balaban J connectivity index is 2.26. The van der Waals surface area contributed by atoms with Crippen molar-refractivity contribution in [3.63, 3.8) is 0 Å². The van der Waals surface area contributed by atoms with Gasteiger partial charge in [0.2, 0.25) is 17.8 Å². The molecule has 1 amide bonds. The van der Waals surface area contributed by atoms with Crippen LogP contribution in [0.4, 0.5) is 11.9 Å². The number of amides is 1. The fraction of sp³-hybridized carbons (Fsp3) is 0.692. The molecule has 1 unspecified atom stereocenters. The first kappa shape index (κ1) is 15.3. The van der Waals surface area contributed by atoms with Crippen molar-refractivity contribution >= 4 is 17.8 Å². The predicted molar refractivity (Wildman–Crippen MR) is 79.6 cm³/mol. The third kappa shape index (κ3) is 3.50. The molecule has 8 nitrogen and oxygen atoms in total. The molecule has 0 aromatic carbocycles. The first-order chi connectivity index (χ1) is 10.2. The number of likely N-dealkylation sites (N-methyl/N-ethyl adjacent to an activating group) is 1. The smallest absolute Gasteiger partial charge is 0.323 e. The summed E-state index contributed by atoms with van der Waals surface area (Å²) in [4.78, 5) is 26.7. The van der Waals surface area contributed by atoms with E-state index in [-0.39, 0.29) is 18.0 Å². The van der Waals surface area contributed by atoms with Gasteiger partial charge in [-0.25, -0.2) is 0 Å². The molecule has 1 aliphatic rings. The van der Waals surface area contributed by atoms with Gasteiger partial charge in [-0.2, -0.15) is 15.0 Å². The quantitative estimate of drug-likeness (QED) is 0.785. The topological polar surface area (TPSA) is 92.3 Å². The van der Waals surface area contributed by atoms with Crippen LogP contribution in [0, 0.1) is 0 Å². The number of anilines is 2. The molecule has 0 bridgehead atoms. The minimum Gasteiger partial charge on any atom is -0.463 e. The second kappa shape index (κ2) is 7.05. The third-order valence-corrected chi connectivity index (χ3v) is 3.32. The van der Waals surface area contributed by atoms with Crippen molar-refractivity contribution in [3.8, 4) is 6.01 Å². The van der Waals surface area contributed by atoms with Crippen LogP contribution in [0.5, 0.6) is 6.01 Å². The summed E-state index contributed by atoms with van der Waals surface area (Å²) in [6.45, 7) is 3.31. The molecule has 0 radical (unpaired) electrons. The Morgan fingerprint density at radius 1 is 1.38 bits per heavy atom. The zero-order valence-electron chi connectivity index (χ0n) is 12.7. The summed E-state index contributed by atoms with van der Waals surface area (Å²) in [5.41, 5.74) is 0. The Labute approximate surface area is 124 Å². The van der Waals surface area contributed by atoms with Crippen molar-refractivity contribution in [3.05, 3.63) is 0 Å². The normalized spacial score (nSPS) is 17.7.